The van der Waals surface area contributed by atoms with Gasteiger partial charge >= 0.3 is 0 Å². The van der Waals surface area contributed by atoms with E-state index in [1.54, 1.807) is 5.57 Å². The average Bonchev–Trinajstić information content (AvgIpc) is 3.29. The Morgan fingerprint density at radius 2 is 1.78 bits per heavy atom. The van der Waals surface area contributed by atoms with Gasteiger partial charge in [-0.2, -0.15) is 0 Å². The van der Waals surface area contributed by atoms with Crippen molar-refractivity contribution < 1.29 is 0 Å². The minimum atomic E-state index is 0.561. The van der Waals surface area contributed by atoms with E-state index in [0.29, 0.717) is 10.8 Å². The zero-order valence-electron chi connectivity index (χ0n) is 14.5. The molecule has 0 atom stereocenters. The van der Waals surface area contributed by atoms with Crippen molar-refractivity contribution in [1.29, 1.82) is 0 Å². The smallest absolute Gasteiger partial charge is 0.0658 e. The van der Waals surface area contributed by atoms with Gasteiger partial charge in [-0.1, -0.05) is 49.5 Å². The normalized spacial score (nSPS) is 27.5. The Morgan fingerprint density at radius 1 is 1.04 bits per heavy atom. The number of nitrogens with zero attached hydrogens (tertiary/aromatic N) is 1. The predicted octanol–water partition coefficient (Wildman–Crippen LogP) is 6.33. The molecule has 23 heavy (non-hydrogen) atoms. The van der Waals surface area contributed by atoms with Crippen LogP contribution in [0.15, 0.2) is 42.1 Å². The highest BCUT2D eigenvalue weighted by Gasteiger charge is 2.52. The number of allylic oxidation sites excluding steroid dienone is 4. The third-order valence-electron chi connectivity index (χ3n) is 6.79. The molecule has 0 amide bonds. The third kappa shape index (κ3) is 2.79. The molecule has 3 saturated carbocycles. The van der Waals surface area contributed by atoms with Gasteiger partial charge in [0.05, 0.1) is 5.69 Å². The molecule has 0 bridgehead atoms. The molecule has 0 aliphatic heterocycles. The van der Waals surface area contributed by atoms with E-state index in [9.17, 15) is 0 Å². The maximum absolute atomic E-state index is 4.49. The number of pyridine rings is 1. The van der Waals surface area contributed by atoms with E-state index in [1.807, 2.05) is 12.3 Å². The molecule has 3 aliphatic carbocycles. The first-order valence-electron chi connectivity index (χ1n) is 9.51. The fourth-order valence-corrected chi connectivity index (χ4v) is 5.66. The zero-order valence-corrected chi connectivity index (χ0v) is 14.5. The van der Waals surface area contributed by atoms with E-state index in [4.69, 9.17) is 0 Å². The first-order chi connectivity index (χ1) is 11.2. The minimum absolute atomic E-state index is 0.561. The van der Waals surface area contributed by atoms with Crippen molar-refractivity contribution in [1.82, 2.24) is 4.98 Å². The van der Waals surface area contributed by atoms with Gasteiger partial charge in [0.15, 0.2) is 0 Å². The van der Waals surface area contributed by atoms with Gasteiger partial charge in [-0.05, 0) is 74.0 Å². The van der Waals surface area contributed by atoms with Crippen molar-refractivity contribution in [3.8, 4) is 0 Å². The van der Waals surface area contributed by atoms with Crippen molar-refractivity contribution in [3.05, 3.63) is 47.8 Å². The molecule has 1 nitrogen and oxygen atoms in total. The molecule has 1 aromatic rings. The summed E-state index contributed by atoms with van der Waals surface area (Å²) in [4.78, 5) is 4.49. The maximum Gasteiger partial charge on any atom is 0.0658 e. The largest absolute Gasteiger partial charge is 0.257 e. The number of hydrogen-bond donors (Lipinski definition) is 0. The van der Waals surface area contributed by atoms with Crippen LogP contribution in [0.5, 0.6) is 0 Å². The lowest BCUT2D eigenvalue weighted by Crippen LogP contribution is -2.17. The lowest BCUT2D eigenvalue weighted by molar-refractivity contribution is 0.241. The molecule has 0 unspecified atom stereocenters. The summed E-state index contributed by atoms with van der Waals surface area (Å²) in [7, 11) is 0. The fraction of sp³-hybridized carbons (Fsp3) is 0.591. The molecule has 3 aliphatic rings. The first-order valence-corrected chi connectivity index (χ1v) is 9.51. The molecule has 0 radical (unpaired) electrons. The van der Waals surface area contributed by atoms with Gasteiger partial charge in [-0.15, -0.1) is 0 Å². The Balaban J connectivity index is 1.63. The summed E-state index contributed by atoms with van der Waals surface area (Å²) in [5.41, 5.74) is 5.40. The van der Waals surface area contributed by atoms with Crippen LogP contribution in [0.3, 0.4) is 0 Å². The zero-order chi connectivity index (χ0) is 15.8. The number of aromatic nitrogens is 1. The van der Waals surface area contributed by atoms with Gasteiger partial charge < -0.3 is 0 Å². The SMILES string of the molecule is C/C(=C\C=C1/CC2(CCCC2)CC12CCCC2)c1ccccn1. The third-order valence-corrected chi connectivity index (χ3v) is 6.79. The number of rotatable bonds is 2. The van der Waals surface area contributed by atoms with Gasteiger partial charge in [0, 0.05) is 6.20 Å². The first kappa shape index (κ1) is 15.2. The van der Waals surface area contributed by atoms with Crippen LogP contribution < -0.4 is 0 Å². The molecule has 0 N–H and O–H groups in total. The monoisotopic (exact) mass is 307 g/mol. The highest BCUT2D eigenvalue weighted by Crippen LogP contribution is 2.65. The maximum atomic E-state index is 4.49. The van der Waals surface area contributed by atoms with Crippen molar-refractivity contribution in [3.63, 3.8) is 0 Å². The number of hydrogen-bond acceptors (Lipinski definition) is 1. The van der Waals surface area contributed by atoms with Crippen LogP contribution in [0.25, 0.3) is 5.57 Å². The molecule has 4 rings (SSSR count). The highest BCUT2D eigenvalue weighted by molar-refractivity contribution is 5.62. The fourth-order valence-electron chi connectivity index (χ4n) is 5.66. The van der Waals surface area contributed by atoms with E-state index in [-0.39, 0.29) is 0 Å². The molecule has 0 saturated heterocycles. The van der Waals surface area contributed by atoms with Crippen LogP contribution in [0.4, 0.5) is 0 Å². The van der Waals surface area contributed by atoms with Gasteiger partial charge in [0.2, 0.25) is 0 Å². The molecule has 1 aromatic heterocycles. The quantitative estimate of drug-likeness (QED) is 0.622. The van der Waals surface area contributed by atoms with Crippen LogP contribution in [-0.4, -0.2) is 4.98 Å². The summed E-state index contributed by atoms with van der Waals surface area (Å²) in [5, 5.41) is 0. The second-order valence-corrected chi connectivity index (χ2v) is 8.30. The van der Waals surface area contributed by atoms with Crippen LogP contribution in [0.2, 0.25) is 0 Å². The van der Waals surface area contributed by atoms with E-state index in [1.165, 1.54) is 69.8 Å². The van der Waals surface area contributed by atoms with Gasteiger partial charge in [-0.25, -0.2) is 0 Å². The Morgan fingerprint density at radius 3 is 2.48 bits per heavy atom. The second-order valence-electron chi connectivity index (χ2n) is 8.30. The minimum Gasteiger partial charge on any atom is -0.257 e. The van der Waals surface area contributed by atoms with Crippen molar-refractivity contribution in [2.45, 2.75) is 71.1 Å². The molecule has 1 heteroatoms. The molecule has 0 aromatic carbocycles. The standard InChI is InChI=1S/C22H29N/c1-18(20-8-2-7-15-23-20)9-10-19-16-21(11-3-4-12-21)17-22(19)13-5-6-14-22/h2,7-10,15H,3-6,11-14,16-17H2,1H3/b18-9+,19-10+. The van der Waals surface area contributed by atoms with Crippen LogP contribution in [-0.2, 0) is 0 Å². The molecule has 3 fully saturated rings. The molecule has 122 valence electrons. The predicted molar refractivity (Wildman–Crippen MR) is 97.0 cm³/mol. The van der Waals surface area contributed by atoms with E-state index in [0.717, 1.165) is 5.69 Å². The van der Waals surface area contributed by atoms with E-state index in [2.05, 4.69) is 36.2 Å². The van der Waals surface area contributed by atoms with Gasteiger partial charge in [0.1, 0.15) is 0 Å². The second kappa shape index (κ2) is 5.92. The van der Waals surface area contributed by atoms with Gasteiger partial charge in [0.25, 0.3) is 0 Å². The Bertz CT molecular complexity index is 611. The highest BCUT2D eigenvalue weighted by atomic mass is 14.7. The summed E-state index contributed by atoms with van der Waals surface area (Å²) < 4.78 is 0. The summed E-state index contributed by atoms with van der Waals surface area (Å²) in [6.45, 7) is 2.20. The molecule has 2 spiro atoms. The average molecular weight is 307 g/mol. The molecule has 1 heterocycles. The Labute approximate surface area is 140 Å². The van der Waals surface area contributed by atoms with Gasteiger partial charge in [-0.3, -0.25) is 4.98 Å². The Kier molecular flexibility index (Phi) is 3.91. The van der Waals surface area contributed by atoms with Crippen LogP contribution in [0, 0.1) is 10.8 Å². The van der Waals surface area contributed by atoms with Crippen LogP contribution >= 0.6 is 0 Å². The lowest BCUT2D eigenvalue weighted by Gasteiger charge is -2.28. The van der Waals surface area contributed by atoms with Crippen molar-refractivity contribution in [2.24, 2.45) is 10.8 Å². The summed E-state index contributed by atoms with van der Waals surface area (Å²) >= 11 is 0. The molecular weight excluding hydrogens is 278 g/mol. The lowest BCUT2D eigenvalue weighted by atomic mass is 9.76. The van der Waals surface area contributed by atoms with Crippen molar-refractivity contribution >= 4 is 5.57 Å². The van der Waals surface area contributed by atoms with E-state index >= 15 is 0 Å². The summed E-state index contributed by atoms with van der Waals surface area (Å²) in [6, 6.07) is 6.18. The summed E-state index contributed by atoms with van der Waals surface area (Å²) in [6.07, 6.45) is 21.2. The van der Waals surface area contributed by atoms with E-state index < -0.39 is 0 Å². The summed E-state index contributed by atoms with van der Waals surface area (Å²) in [5.74, 6) is 0. The van der Waals surface area contributed by atoms with Crippen molar-refractivity contribution in [2.75, 3.05) is 0 Å². The molecular formula is C22H29N. The Hall–Kier alpha value is -1.37. The topological polar surface area (TPSA) is 12.9 Å². The van der Waals surface area contributed by atoms with Crippen LogP contribution in [0.1, 0.15) is 76.8 Å².